The van der Waals surface area contributed by atoms with Gasteiger partial charge in [0.1, 0.15) is 5.75 Å². The van der Waals surface area contributed by atoms with E-state index in [1.807, 2.05) is 0 Å². The van der Waals surface area contributed by atoms with E-state index in [4.69, 9.17) is 10.8 Å². The fraction of sp³-hybridized carbons (Fsp3) is 0. The van der Waals surface area contributed by atoms with Gasteiger partial charge in [-0.05, 0) is 6.07 Å². The van der Waals surface area contributed by atoms with Gasteiger partial charge in [-0.25, -0.2) is 4.79 Å². The third-order valence-electron chi connectivity index (χ3n) is 1.66. The molecular weight excluding hydrogens is 194 g/mol. The summed E-state index contributed by atoms with van der Waals surface area (Å²) in [6.45, 7) is 0. The number of H-pyrrole nitrogens is 2. The van der Waals surface area contributed by atoms with Crippen LogP contribution in [0.5, 0.6) is 5.75 Å². The Labute approximate surface area is 79.0 Å². The van der Waals surface area contributed by atoms with E-state index in [0.29, 0.717) is 11.0 Å². The van der Waals surface area contributed by atoms with Gasteiger partial charge in [-0.1, -0.05) is 0 Å². The molecule has 0 spiro atoms. The Balaban J connectivity index is 0.000000845. The number of nitrogens with two attached hydrogens (primary N) is 1. The van der Waals surface area contributed by atoms with Gasteiger partial charge in [0.15, 0.2) is 0 Å². The minimum Gasteiger partial charge on any atom is -0.506 e. The van der Waals surface area contributed by atoms with Gasteiger partial charge in [0, 0.05) is 6.07 Å². The maximum absolute atomic E-state index is 10.8. The largest absolute Gasteiger partial charge is 0.506 e. The van der Waals surface area contributed by atoms with Crippen molar-refractivity contribution < 1.29 is 5.11 Å². The minimum atomic E-state index is -0.310. The predicted molar refractivity (Wildman–Crippen MR) is 52.2 cm³/mol. The fourth-order valence-corrected chi connectivity index (χ4v) is 1.09. The summed E-state index contributed by atoms with van der Waals surface area (Å²) in [5.74, 6) is -0.0299. The van der Waals surface area contributed by atoms with Gasteiger partial charge >= 0.3 is 5.69 Å². The van der Waals surface area contributed by atoms with E-state index in [0.717, 1.165) is 0 Å². The molecule has 0 aliphatic rings. The number of anilines is 1. The van der Waals surface area contributed by atoms with Gasteiger partial charge < -0.3 is 20.8 Å². The zero-order chi connectivity index (χ0) is 8.72. The third kappa shape index (κ3) is 1.46. The molecule has 70 valence electrons. The number of rotatable bonds is 0. The smallest absolute Gasteiger partial charge is 0.323 e. The van der Waals surface area contributed by atoms with E-state index in [-0.39, 0.29) is 29.5 Å². The first-order valence-corrected chi connectivity index (χ1v) is 3.37. The monoisotopic (exact) mass is 201 g/mol. The SMILES string of the molecule is Cl.Nc1cc2[nH]c(=O)[nH]c2cc1O. The van der Waals surface area contributed by atoms with Crippen molar-refractivity contribution in [2.45, 2.75) is 0 Å². The molecule has 0 saturated heterocycles. The highest BCUT2D eigenvalue weighted by molar-refractivity contribution is 5.85. The summed E-state index contributed by atoms with van der Waals surface area (Å²) in [6.07, 6.45) is 0. The molecule has 2 aromatic rings. The Morgan fingerprint density at radius 1 is 1.23 bits per heavy atom. The first-order chi connectivity index (χ1) is 5.66. The zero-order valence-corrected chi connectivity index (χ0v) is 7.31. The Bertz CT molecular complexity index is 446. The molecule has 0 amide bonds. The van der Waals surface area contributed by atoms with Gasteiger partial charge in [0.2, 0.25) is 0 Å². The van der Waals surface area contributed by atoms with Crippen molar-refractivity contribution in [3.05, 3.63) is 22.6 Å². The Kier molecular flexibility index (Phi) is 2.20. The zero-order valence-electron chi connectivity index (χ0n) is 6.50. The average Bonchev–Trinajstić information content (AvgIpc) is 2.30. The van der Waals surface area contributed by atoms with Crippen molar-refractivity contribution in [1.29, 1.82) is 0 Å². The maximum Gasteiger partial charge on any atom is 0.323 e. The summed E-state index contributed by atoms with van der Waals surface area (Å²) >= 11 is 0. The number of nitrogen functional groups attached to an aromatic ring is 1. The lowest BCUT2D eigenvalue weighted by Crippen LogP contribution is -1.99. The number of phenols is 1. The summed E-state index contributed by atoms with van der Waals surface area (Å²) in [4.78, 5) is 15.8. The van der Waals surface area contributed by atoms with Crippen LogP contribution in [-0.4, -0.2) is 15.1 Å². The molecule has 6 heteroatoms. The quantitative estimate of drug-likeness (QED) is 0.371. The summed E-state index contributed by atoms with van der Waals surface area (Å²) in [7, 11) is 0. The number of hydrogen-bond donors (Lipinski definition) is 4. The van der Waals surface area contributed by atoms with Crippen LogP contribution in [-0.2, 0) is 0 Å². The van der Waals surface area contributed by atoms with E-state index >= 15 is 0 Å². The lowest BCUT2D eigenvalue weighted by molar-refractivity contribution is 0.478. The summed E-state index contributed by atoms with van der Waals surface area (Å²) in [6, 6.07) is 2.91. The number of aromatic hydroxyl groups is 1. The molecule has 0 saturated carbocycles. The van der Waals surface area contributed by atoms with Crippen LogP contribution in [0.2, 0.25) is 0 Å². The van der Waals surface area contributed by atoms with Crippen LogP contribution in [0.4, 0.5) is 5.69 Å². The number of phenolic OH excluding ortho intramolecular Hbond substituents is 1. The van der Waals surface area contributed by atoms with E-state index in [9.17, 15) is 4.79 Å². The molecule has 1 aromatic heterocycles. The topological polar surface area (TPSA) is 94.9 Å². The van der Waals surface area contributed by atoms with Crippen LogP contribution in [0, 0.1) is 0 Å². The number of halogens is 1. The number of nitrogens with one attached hydrogen (secondary N) is 2. The average molecular weight is 202 g/mol. The van der Waals surface area contributed by atoms with Crippen molar-refractivity contribution in [2.75, 3.05) is 5.73 Å². The van der Waals surface area contributed by atoms with Gasteiger partial charge in [0.25, 0.3) is 0 Å². The Hall–Kier alpha value is -1.62. The second kappa shape index (κ2) is 3.02. The maximum atomic E-state index is 10.8. The normalized spacial score (nSPS) is 9.85. The van der Waals surface area contributed by atoms with Gasteiger partial charge in [-0.3, -0.25) is 0 Å². The molecule has 5 N–H and O–H groups in total. The molecule has 0 atom stereocenters. The van der Waals surface area contributed by atoms with Crippen LogP contribution < -0.4 is 11.4 Å². The minimum absolute atomic E-state index is 0. The first kappa shape index (κ1) is 9.47. The lowest BCUT2D eigenvalue weighted by Gasteiger charge is -1.96. The van der Waals surface area contributed by atoms with Crippen LogP contribution in [0.15, 0.2) is 16.9 Å². The number of imidazole rings is 1. The third-order valence-corrected chi connectivity index (χ3v) is 1.66. The lowest BCUT2D eigenvalue weighted by atomic mass is 10.2. The highest BCUT2D eigenvalue weighted by Gasteiger charge is 2.02. The van der Waals surface area contributed by atoms with Gasteiger partial charge in [-0.2, -0.15) is 0 Å². The van der Waals surface area contributed by atoms with Gasteiger partial charge in [-0.15, -0.1) is 12.4 Å². The number of aromatic nitrogens is 2. The Morgan fingerprint density at radius 3 is 2.38 bits per heavy atom. The highest BCUT2D eigenvalue weighted by atomic mass is 35.5. The second-order valence-electron chi connectivity index (χ2n) is 2.54. The molecule has 0 aliphatic carbocycles. The summed E-state index contributed by atoms with van der Waals surface area (Å²) < 4.78 is 0. The Morgan fingerprint density at radius 2 is 1.77 bits per heavy atom. The van der Waals surface area contributed by atoms with E-state index in [1.54, 1.807) is 0 Å². The predicted octanol–water partition coefficient (Wildman–Crippen LogP) is 0.566. The van der Waals surface area contributed by atoms with Crippen molar-refractivity contribution >= 4 is 29.1 Å². The molecule has 0 fully saturated rings. The molecule has 1 heterocycles. The van der Waals surface area contributed by atoms with E-state index < -0.39 is 0 Å². The number of hydrogen-bond acceptors (Lipinski definition) is 3. The van der Waals surface area contributed by atoms with Crippen LogP contribution in [0.25, 0.3) is 11.0 Å². The molecule has 0 radical (unpaired) electrons. The van der Waals surface area contributed by atoms with Crippen molar-refractivity contribution in [2.24, 2.45) is 0 Å². The molecule has 0 unspecified atom stereocenters. The molecule has 2 rings (SSSR count). The van der Waals surface area contributed by atoms with E-state index in [2.05, 4.69) is 9.97 Å². The van der Waals surface area contributed by atoms with Crippen LogP contribution in [0.3, 0.4) is 0 Å². The molecule has 5 nitrogen and oxygen atoms in total. The summed E-state index contributed by atoms with van der Waals surface area (Å²) in [5, 5.41) is 9.17. The second-order valence-corrected chi connectivity index (χ2v) is 2.54. The highest BCUT2D eigenvalue weighted by Crippen LogP contribution is 2.23. The van der Waals surface area contributed by atoms with Crippen molar-refractivity contribution in [3.63, 3.8) is 0 Å². The molecule has 0 aliphatic heterocycles. The number of aromatic amines is 2. The van der Waals surface area contributed by atoms with Gasteiger partial charge in [0.05, 0.1) is 16.7 Å². The first-order valence-electron chi connectivity index (χ1n) is 3.37. The van der Waals surface area contributed by atoms with Crippen molar-refractivity contribution in [3.8, 4) is 5.75 Å². The van der Waals surface area contributed by atoms with Crippen molar-refractivity contribution in [1.82, 2.24) is 9.97 Å². The fourth-order valence-electron chi connectivity index (χ4n) is 1.09. The van der Waals surface area contributed by atoms with Crippen LogP contribution >= 0.6 is 12.4 Å². The standard InChI is InChI=1S/C7H7N3O2.ClH/c8-3-1-4-5(2-6(3)11)10-7(12)9-4;/h1-2,11H,8H2,(H2,9,10,12);1H. The molecular formula is C7H8ClN3O2. The molecule has 1 aromatic carbocycles. The van der Waals surface area contributed by atoms with Crippen LogP contribution in [0.1, 0.15) is 0 Å². The van der Waals surface area contributed by atoms with E-state index in [1.165, 1.54) is 12.1 Å². The summed E-state index contributed by atoms with van der Waals surface area (Å²) in [5.41, 5.74) is 6.49. The number of benzene rings is 1. The number of fused-ring (bicyclic) bond motifs is 1. The molecule has 13 heavy (non-hydrogen) atoms. The molecule has 0 bridgehead atoms.